The van der Waals surface area contributed by atoms with E-state index in [0.717, 1.165) is 0 Å². The van der Waals surface area contributed by atoms with Crippen molar-refractivity contribution in [2.45, 2.75) is 13.0 Å². The van der Waals surface area contributed by atoms with Crippen molar-refractivity contribution in [1.82, 2.24) is 19.9 Å². The lowest BCUT2D eigenvalue weighted by molar-refractivity contribution is -0.151. The fraction of sp³-hybridized carbons (Fsp3) is 0.400. The average molecular weight is 330 g/mol. The second kappa shape index (κ2) is 4.53. The van der Waals surface area contributed by atoms with Gasteiger partial charge in [-0.1, -0.05) is 12.1 Å². The van der Waals surface area contributed by atoms with E-state index >= 15 is 0 Å². The van der Waals surface area contributed by atoms with Crippen LogP contribution in [0, 0.1) is 10.8 Å². The van der Waals surface area contributed by atoms with E-state index in [2.05, 4.69) is 10.2 Å². The number of nitrogens with zero attached hydrogens (tertiary/aromatic N) is 4. The molecule has 0 bridgehead atoms. The molecule has 1 saturated carbocycles. The predicted molar refractivity (Wildman–Crippen MR) is 78.9 cm³/mol. The van der Waals surface area contributed by atoms with Gasteiger partial charge in [-0.3, -0.25) is 14.4 Å². The van der Waals surface area contributed by atoms with E-state index in [-0.39, 0.29) is 32.0 Å². The highest BCUT2D eigenvalue weighted by atomic mass is 16.4. The predicted octanol–water partition coefficient (Wildman–Crippen LogP) is -0.181. The Hall–Kier alpha value is -2.97. The van der Waals surface area contributed by atoms with Crippen molar-refractivity contribution in [3.63, 3.8) is 0 Å². The number of hydrogen-bond donors (Lipinski definition) is 2. The van der Waals surface area contributed by atoms with Crippen LogP contribution in [-0.2, 0) is 20.9 Å². The molecule has 124 valence electrons. The van der Waals surface area contributed by atoms with Crippen LogP contribution in [0.3, 0.4) is 0 Å². The number of rotatable bonds is 4. The first kappa shape index (κ1) is 14.6. The molecule has 2 heterocycles. The van der Waals surface area contributed by atoms with Crippen molar-refractivity contribution in [2.24, 2.45) is 10.8 Å². The summed E-state index contributed by atoms with van der Waals surface area (Å²) in [5.74, 6) is -2.71. The van der Waals surface area contributed by atoms with Crippen LogP contribution in [0.4, 0.5) is 0 Å². The number of carboxylic acid groups (broad SMARTS) is 2. The van der Waals surface area contributed by atoms with Crippen LogP contribution in [0.5, 0.6) is 0 Å². The van der Waals surface area contributed by atoms with E-state index in [1.54, 1.807) is 12.1 Å². The fourth-order valence-electron chi connectivity index (χ4n) is 3.66. The topological polar surface area (TPSA) is 126 Å². The number of carbonyl (C=O) groups excluding carboxylic acids is 1. The molecule has 2 fully saturated rings. The lowest BCUT2D eigenvalue weighted by atomic mass is 9.97. The third kappa shape index (κ3) is 1.78. The number of likely N-dealkylation sites (tertiary alicyclic amines) is 1. The first-order valence-corrected chi connectivity index (χ1v) is 7.42. The Kier molecular flexibility index (Phi) is 2.76. The maximum absolute atomic E-state index is 12.4. The van der Waals surface area contributed by atoms with E-state index in [1.807, 2.05) is 12.1 Å². The Morgan fingerprint density at radius 1 is 1.00 bits per heavy atom. The highest BCUT2D eigenvalue weighted by molar-refractivity contribution is 5.96. The zero-order valence-electron chi connectivity index (χ0n) is 12.5. The lowest BCUT2D eigenvalue weighted by Gasteiger charge is -2.19. The van der Waals surface area contributed by atoms with Crippen molar-refractivity contribution in [1.29, 1.82) is 0 Å². The molecule has 9 heteroatoms. The van der Waals surface area contributed by atoms with Crippen LogP contribution >= 0.6 is 0 Å². The molecule has 0 radical (unpaired) electrons. The Morgan fingerprint density at radius 3 is 1.96 bits per heavy atom. The maximum Gasteiger partial charge on any atom is 0.312 e. The summed E-state index contributed by atoms with van der Waals surface area (Å²) >= 11 is 0. The molecule has 1 aliphatic heterocycles. The lowest BCUT2D eigenvalue weighted by Crippen LogP contribution is -2.37. The second-order valence-electron chi connectivity index (χ2n) is 6.42. The Labute approximate surface area is 135 Å². The van der Waals surface area contributed by atoms with Gasteiger partial charge in [0.2, 0.25) is 5.91 Å². The maximum atomic E-state index is 12.4. The smallest absolute Gasteiger partial charge is 0.312 e. The van der Waals surface area contributed by atoms with Gasteiger partial charge in [0.05, 0.1) is 0 Å². The number of carbonyl (C=O) groups is 3. The Balaban J connectivity index is 1.54. The van der Waals surface area contributed by atoms with Gasteiger partial charge in [0.15, 0.2) is 0 Å². The molecule has 1 aliphatic carbocycles. The molecule has 1 amide bonds. The SMILES string of the molecule is O=C(Cn1nc2ccccc2n1)N1C[C@@]2(C(=O)O)C[C@@]2(C(=O)O)C1. The Morgan fingerprint density at radius 2 is 1.50 bits per heavy atom. The number of piperidine rings is 1. The van der Waals surface area contributed by atoms with Crippen molar-refractivity contribution in [2.75, 3.05) is 13.1 Å². The quantitative estimate of drug-likeness (QED) is 0.796. The van der Waals surface area contributed by atoms with Crippen molar-refractivity contribution in [3.8, 4) is 0 Å². The largest absolute Gasteiger partial charge is 0.481 e. The molecular formula is C15H14N4O5. The minimum absolute atomic E-state index is 0.0678. The van der Waals surface area contributed by atoms with E-state index in [1.165, 1.54) is 9.70 Å². The van der Waals surface area contributed by atoms with Crippen LogP contribution in [0.25, 0.3) is 11.0 Å². The van der Waals surface area contributed by atoms with E-state index in [0.29, 0.717) is 11.0 Å². The highest BCUT2D eigenvalue weighted by Crippen LogP contribution is 2.68. The molecule has 1 saturated heterocycles. The molecular weight excluding hydrogens is 316 g/mol. The minimum atomic E-state index is -1.36. The molecule has 2 N–H and O–H groups in total. The minimum Gasteiger partial charge on any atom is -0.481 e. The monoisotopic (exact) mass is 330 g/mol. The van der Waals surface area contributed by atoms with Crippen molar-refractivity contribution >= 4 is 28.9 Å². The number of aromatic nitrogens is 3. The summed E-state index contributed by atoms with van der Waals surface area (Å²) in [6.07, 6.45) is 0.0678. The molecule has 0 spiro atoms. The van der Waals surface area contributed by atoms with Gasteiger partial charge < -0.3 is 15.1 Å². The van der Waals surface area contributed by atoms with Crippen molar-refractivity contribution in [3.05, 3.63) is 24.3 Å². The van der Waals surface area contributed by atoms with Crippen LogP contribution in [-0.4, -0.2) is 61.0 Å². The van der Waals surface area contributed by atoms with Crippen LogP contribution < -0.4 is 0 Å². The third-order valence-electron chi connectivity index (χ3n) is 5.09. The summed E-state index contributed by atoms with van der Waals surface area (Å²) < 4.78 is 0. The van der Waals surface area contributed by atoms with Gasteiger partial charge in [-0.2, -0.15) is 15.0 Å². The molecule has 0 unspecified atom stereocenters. The second-order valence-corrected chi connectivity index (χ2v) is 6.42. The number of amides is 1. The molecule has 2 aliphatic rings. The molecule has 24 heavy (non-hydrogen) atoms. The number of aliphatic carboxylic acids is 2. The molecule has 2 aromatic rings. The van der Waals surface area contributed by atoms with Gasteiger partial charge in [-0.25, -0.2) is 0 Å². The standard InChI is InChI=1S/C15H14N4O5/c20-11(5-19-16-9-3-1-2-4-10(9)17-19)18-7-14(12(21)22)6-15(14,8-18)13(23)24/h1-4H,5-8H2,(H,21,22)(H,23,24)/t14-,15+. The highest BCUT2D eigenvalue weighted by Gasteiger charge is 2.81. The summed E-state index contributed by atoms with van der Waals surface area (Å²) in [6, 6.07) is 7.16. The van der Waals surface area contributed by atoms with Gasteiger partial charge in [0.25, 0.3) is 0 Å². The number of fused-ring (bicyclic) bond motifs is 2. The third-order valence-corrected chi connectivity index (χ3v) is 5.09. The first-order valence-electron chi connectivity index (χ1n) is 7.42. The number of hydrogen-bond acceptors (Lipinski definition) is 5. The molecule has 1 aromatic heterocycles. The van der Waals surface area contributed by atoms with E-state index < -0.39 is 22.8 Å². The van der Waals surface area contributed by atoms with Crippen LogP contribution in [0.2, 0.25) is 0 Å². The van der Waals surface area contributed by atoms with Gasteiger partial charge in [0.1, 0.15) is 28.4 Å². The number of carboxylic acids is 2. The molecule has 1 aromatic carbocycles. The molecule has 4 rings (SSSR count). The van der Waals surface area contributed by atoms with Gasteiger partial charge in [0, 0.05) is 13.1 Å². The van der Waals surface area contributed by atoms with Crippen LogP contribution in [0.15, 0.2) is 24.3 Å². The zero-order chi connectivity index (χ0) is 17.1. The van der Waals surface area contributed by atoms with Crippen LogP contribution in [0.1, 0.15) is 6.42 Å². The van der Waals surface area contributed by atoms with Gasteiger partial charge in [-0.15, -0.1) is 0 Å². The van der Waals surface area contributed by atoms with E-state index in [9.17, 15) is 24.6 Å². The van der Waals surface area contributed by atoms with E-state index in [4.69, 9.17) is 0 Å². The molecule has 9 nitrogen and oxygen atoms in total. The summed E-state index contributed by atoms with van der Waals surface area (Å²) in [7, 11) is 0. The van der Waals surface area contributed by atoms with Gasteiger partial charge >= 0.3 is 11.9 Å². The molecule has 2 atom stereocenters. The first-order chi connectivity index (χ1) is 11.4. The summed E-state index contributed by atoms with van der Waals surface area (Å²) in [6.45, 7) is -0.331. The number of benzene rings is 1. The summed E-state index contributed by atoms with van der Waals surface area (Å²) in [5.41, 5.74) is -1.43. The summed E-state index contributed by atoms with van der Waals surface area (Å²) in [5, 5.41) is 27.1. The van der Waals surface area contributed by atoms with Crippen molar-refractivity contribution < 1.29 is 24.6 Å². The normalized spacial score (nSPS) is 27.9. The van der Waals surface area contributed by atoms with Gasteiger partial charge in [-0.05, 0) is 18.6 Å². The zero-order valence-corrected chi connectivity index (χ0v) is 12.5. The fourth-order valence-corrected chi connectivity index (χ4v) is 3.66. The summed E-state index contributed by atoms with van der Waals surface area (Å²) in [4.78, 5) is 37.9. The Bertz CT molecular complexity index is 832. The average Bonchev–Trinajstić information content (AvgIpc) is 2.88.